The van der Waals surface area contributed by atoms with Gasteiger partial charge >= 0.3 is 0 Å². The molecule has 18 heavy (non-hydrogen) atoms. The van der Waals surface area contributed by atoms with Crippen LogP contribution in [0.15, 0.2) is 22.9 Å². The van der Waals surface area contributed by atoms with Gasteiger partial charge in [-0.05, 0) is 46.9 Å². The average Bonchev–Trinajstić information content (AvgIpc) is 3.05. The summed E-state index contributed by atoms with van der Waals surface area (Å²) in [6.07, 6.45) is 1.87. The van der Waals surface area contributed by atoms with Crippen LogP contribution < -0.4 is 0 Å². The molecule has 0 aliphatic carbocycles. The standard InChI is InChI=1S/C14H16O2S2/c1-3-9-5-11(17-7-9)13(15)14(16)12-6-10(4-2)8-18-12/h5-8,15-16H,3-4H2,1-2H3/b14-13+. The van der Waals surface area contributed by atoms with E-state index in [0.29, 0.717) is 0 Å². The minimum atomic E-state index is -0.0239. The zero-order valence-corrected chi connectivity index (χ0v) is 12.1. The molecule has 2 aromatic rings. The maximum Gasteiger partial charge on any atom is 0.176 e. The zero-order chi connectivity index (χ0) is 13.1. The van der Waals surface area contributed by atoms with Crippen LogP contribution >= 0.6 is 22.7 Å². The van der Waals surface area contributed by atoms with Gasteiger partial charge in [-0.3, -0.25) is 0 Å². The van der Waals surface area contributed by atoms with Gasteiger partial charge in [-0.1, -0.05) is 13.8 Å². The molecule has 2 N–H and O–H groups in total. The third kappa shape index (κ3) is 2.60. The second-order valence-corrected chi connectivity index (χ2v) is 5.87. The van der Waals surface area contributed by atoms with Crippen molar-refractivity contribution in [3.8, 4) is 0 Å². The van der Waals surface area contributed by atoms with E-state index in [9.17, 15) is 10.2 Å². The van der Waals surface area contributed by atoms with Crippen molar-refractivity contribution < 1.29 is 10.2 Å². The first-order chi connectivity index (χ1) is 8.65. The Balaban J connectivity index is 2.33. The van der Waals surface area contributed by atoms with Gasteiger partial charge in [-0.25, -0.2) is 0 Å². The summed E-state index contributed by atoms with van der Waals surface area (Å²) in [5, 5.41) is 24.2. The van der Waals surface area contributed by atoms with Crippen molar-refractivity contribution in [3.05, 3.63) is 43.8 Å². The second kappa shape index (κ2) is 5.59. The molecule has 0 spiro atoms. The molecule has 0 bridgehead atoms. The van der Waals surface area contributed by atoms with Gasteiger partial charge in [0.25, 0.3) is 0 Å². The molecule has 0 radical (unpaired) electrons. The fourth-order valence-corrected chi connectivity index (χ4v) is 3.49. The summed E-state index contributed by atoms with van der Waals surface area (Å²) in [5.41, 5.74) is 2.35. The number of hydrogen-bond acceptors (Lipinski definition) is 4. The van der Waals surface area contributed by atoms with Crippen LogP contribution in [0, 0.1) is 0 Å². The van der Waals surface area contributed by atoms with E-state index in [2.05, 4.69) is 13.8 Å². The number of aliphatic hydroxyl groups is 2. The lowest BCUT2D eigenvalue weighted by Crippen LogP contribution is -1.86. The normalized spacial score (nSPS) is 12.6. The summed E-state index contributed by atoms with van der Waals surface area (Å²) in [4.78, 5) is 1.44. The first-order valence-corrected chi connectivity index (χ1v) is 7.69. The highest BCUT2D eigenvalue weighted by Gasteiger charge is 2.13. The van der Waals surface area contributed by atoms with Gasteiger partial charge in [0, 0.05) is 0 Å². The molecule has 2 nitrogen and oxygen atoms in total. The van der Waals surface area contributed by atoms with E-state index in [1.165, 1.54) is 33.8 Å². The van der Waals surface area contributed by atoms with E-state index in [1.807, 2.05) is 22.9 Å². The maximum atomic E-state index is 10.1. The zero-order valence-electron chi connectivity index (χ0n) is 10.4. The Morgan fingerprint density at radius 2 is 1.28 bits per heavy atom. The predicted octanol–water partition coefficient (Wildman–Crippen LogP) is 4.88. The van der Waals surface area contributed by atoms with Gasteiger partial charge in [0.15, 0.2) is 11.5 Å². The topological polar surface area (TPSA) is 40.5 Å². The molecule has 2 rings (SSSR count). The van der Waals surface area contributed by atoms with Gasteiger partial charge < -0.3 is 10.2 Å². The Hall–Kier alpha value is -1.26. The van der Waals surface area contributed by atoms with Crippen LogP contribution in [0.3, 0.4) is 0 Å². The molecule has 0 saturated heterocycles. The molecular formula is C14H16O2S2. The fourth-order valence-electron chi connectivity index (χ4n) is 1.60. The Morgan fingerprint density at radius 1 is 0.889 bits per heavy atom. The van der Waals surface area contributed by atoms with Crippen molar-refractivity contribution in [1.29, 1.82) is 0 Å². The number of aliphatic hydroxyl groups excluding tert-OH is 2. The van der Waals surface area contributed by atoms with Crippen LogP contribution in [0.5, 0.6) is 0 Å². The molecule has 0 aliphatic heterocycles. The van der Waals surface area contributed by atoms with E-state index in [1.54, 1.807) is 0 Å². The van der Waals surface area contributed by atoms with E-state index in [0.717, 1.165) is 22.6 Å². The molecule has 0 aliphatic rings. The maximum absolute atomic E-state index is 10.1. The Morgan fingerprint density at radius 3 is 1.56 bits per heavy atom. The van der Waals surface area contributed by atoms with Gasteiger partial charge in [0.1, 0.15) is 0 Å². The summed E-state index contributed by atoms with van der Waals surface area (Å²) >= 11 is 2.91. The molecule has 0 atom stereocenters. The molecule has 4 heteroatoms. The summed E-state index contributed by atoms with van der Waals surface area (Å²) in [6, 6.07) is 3.84. The van der Waals surface area contributed by atoms with Gasteiger partial charge in [-0.2, -0.15) is 0 Å². The number of rotatable bonds is 4. The summed E-state index contributed by atoms with van der Waals surface area (Å²) < 4.78 is 0. The van der Waals surface area contributed by atoms with Crippen LogP contribution in [0.1, 0.15) is 34.7 Å². The lowest BCUT2D eigenvalue weighted by atomic mass is 10.2. The van der Waals surface area contributed by atoms with Gasteiger partial charge in [0.2, 0.25) is 0 Å². The molecule has 0 unspecified atom stereocenters. The van der Waals surface area contributed by atoms with Crippen molar-refractivity contribution in [1.82, 2.24) is 0 Å². The lowest BCUT2D eigenvalue weighted by molar-refractivity contribution is 0.462. The molecule has 2 aromatic heterocycles. The van der Waals surface area contributed by atoms with Crippen molar-refractivity contribution in [3.63, 3.8) is 0 Å². The van der Waals surface area contributed by atoms with Crippen LogP contribution in [0.25, 0.3) is 11.5 Å². The van der Waals surface area contributed by atoms with Crippen molar-refractivity contribution in [2.75, 3.05) is 0 Å². The quantitative estimate of drug-likeness (QED) is 0.784. The van der Waals surface area contributed by atoms with E-state index in [4.69, 9.17) is 0 Å². The lowest BCUT2D eigenvalue weighted by Gasteiger charge is -2.00. The Labute approximate surface area is 115 Å². The van der Waals surface area contributed by atoms with Crippen LogP contribution in [-0.2, 0) is 12.8 Å². The second-order valence-electron chi connectivity index (χ2n) is 4.04. The van der Waals surface area contributed by atoms with E-state index >= 15 is 0 Å². The summed E-state index contributed by atoms with van der Waals surface area (Å²) in [5.74, 6) is -0.0478. The molecule has 2 heterocycles. The first kappa shape index (κ1) is 13.2. The van der Waals surface area contributed by atoms with Crippen molar-refractivity contribution in [2.24, 2.45) is 0 Å². The smallest absolute Gasteiger partial charge is 0.176 e. The Kier molecular flexibility index (Phi) is 4.09. The molecule has 0 aromatic carbocycles. The number of hydrogen-bond donors (Lipinski definition) is 2. The number of aryl methyl sites for hydroxylation is 2. The molecule has 0 fully saturated rings. The Bertz CT molecular complexity index is 514. The van der Waals surface area contributed by atoms with E-state index in [-0.39, 0.29) is 11.5 Å². The monoisotopic (exact) mass is 280 g/mol. The molecular weight excluding hydrogens is 264 g/mol. The van der Waals surface area contributed by atoms with Crippen LogP contribution in [0.4, 0.5) is 0 Å². The minimum absolute atomic E-state index is 0.0239. The summed E-state index contributed by atoms with van der Waals surface area (Å²) in [7, 11) is 0. The fraction of sp³-hybridized carbons (Fsp3) is 0.286. The van der Waals surface area contributed by atoms with Gasteiger partial charge in [0.05, 0.1) is 9.75 Å². The highest BCUT2D eigenvalue weighted by atomic mass is 32.1. The summed E-state index contributed by atoms with van der Waals surface area (Å²) in [6.45, 7) is 4.14. The van der Waals surface area contributed by atoms with E-state index < -0.39 is 0 Å². The molecule has 0 amide bonds. The molecule has 96 valence electrons. The van der Waals surface area contributed by atoms with Crippen molar-refractivity contribution in [2.45, 2.75) is 26.7 Å². The third-order valence-electron chi connectivity index (χ3n) is 2.82. The highest BCUT2D eigenvalue weighted by Crippen LogP contribution is 2.30. The number of thiophene rings is 2. The first-order valence-electron chi connectivity index (χ1n) is 5.93. The van der Waals surface area contributed by atoms with Crippen LogP contribution in [-0.4, -0.2) is 10.2 Å². The van der Waals surface area contributed by atoms with Crippen molar-refractivity contribution >= 4 is 34.2 Å². The SMILES string of the molecule is CCc1csc(/C(O)=C(\O)c2cc(CC)cs2)c1. The minimum Gasteiger partial charge on any atom is -0.503 e. The largest absolute Gasteiger partial charge is 0.503 e. The highest BCUT2D eigenvalue weighted by molar-refractivity contribution is 7.12. The predicted molar refractivity (Wildman–Crippen MR) is 79.5 cm³/mol. The average molecular weight is 280 g/mol. The van der Waals surface area contributed by atoms with Gasteiger partial charge in [-0.15, -0.1) is 22.7 Å². The third-order valence-corrected chi connectivity index (χ3v) is 4.79. The van der Waals surface area contributed by atoms with Crippen LogP contribution in [0.2, 0.25) is 0 Å². The molecule has 0 saturated carbocycles.